The Hall–Kier alpha value is -4.63. The van der Waals surface area contributed by atoms with Gasteiger partial charge in [0, 0.05) is 39.0 Å². The van der Waals surface area contributed by atoms with Gasteiger partial charge in [0.2, 0.25) is 35.3 Å². The second-order valence-corrected chi connectivity index (χ2v) is 17.2. The Balaban J connectivity index is 0.0000105. The van der Waals surface area contributed by atoms with Crippen molar-refractivity contribution in [1.82, 2.24) is 36.4 Å². The lowest BCUT2D eigenvalue weighted by Crippen LogP contribution is -2.62. The Morgan fingerprint density at radius 2 is 1.51 bits per heavy atom. The Morgan fingerprint density at radius 3 is 2.02 bits per heavy atom. The van der Waals surface area contributed by atoms with Gasteiger partial charge in [-0.25, -0.2) is 13.6 Å². The molecule has 2 fully saturated rings. The minimum Gasteiger partial charge on any atom is -0.347 e. The molecule has 3 rings (SSSR count). The maximum atomic E-state index is 14.9. The van der Waals surface area contributed by atoms with Crippen LogP contribution in [-0.4, -0.2) is 108 Å². The number of ketones is 1. The van der Waals surface area contributed by atoms with Gasteiger partial charge in [-0.1, -0.05) is 79.3 Å². The standard InChI is InChI=1S/C38H57F2N7O7.CH4/c1-12-38(39,40)18-23(28(49)31(51)41-19-24(48)43-26(32(52)46(10)11)21-16-14-13-15-17-21)42-30(50)27-25-22(37(25,8)9)20-47(27)33(53)29(35(2,3)4)44-34(54)45-36(5,6)7;/h13-17,22-23,25-27,29H,12,18-20H2,1-11H3,(H,41,51)(H,42,50)(H,43,48)(H2,44,45,54);1H4/t22-,23?,25-,26-,27-,29+;/m0./s1. The zero-order valence-electron chi connectivity index (χ0n) is 33.2. The van der Waals surface area contributed by atoms with Crippen LogP contribution in [0.5, 0.6) is 0 Å². The van der Waals surface area contributed by atoms with Gasteiger partial charge in [0.25, 0.3) is 5.91 Å². The number of carbonyl (C=O) groups is 7. The summed E-state index contributed by atoms with van der Waals surface area (Å²) in [4.78, 5) is 96.0. The number of fused-ring (bicyclic) bond motifs is 1. The van der Waals surface area contributed by atoms with Crippen molar-refractivity contribution in [2.24, 2.45) is 22.7 Å². The molecule has 1 aromatic carbocycles. The van der Waals surface area contributed by atoms with Crippen LogP contribution in [0.15, 0.2) is 30.3 Å². The zero-order chi connectivity index (χ0) is 41.1. The lowest BCUT2D eigenvalue weighted by Gasteiger charge is -2.38. The SMILES string of the molecule is C.CCC(F)(F)CC(NC(=O)[C@@H]1[C@@H]2[C@H](CN1C(=O)[C@@H](NC(=O)NC(C)(C)C)C(C)(C)C)C2(C)C)C(=O)C(=O)NCC(=O)N[C@H](C(=O)N(C)C)c1ccccc1. The second kappa shape index (κ2) is 17.4. The number of halogens is 2. The van der Waals surface area contributed by atoms with Crippen LogP contribution in [0.3, 0.4) is 0 Å². The van der Waals surface area contributed by atoms with Gasteiger partial charge in [-0.05, 0) is 49.0 Å². The van der Waals surface area contributed by atoms with E-state index in [2.05, 4.69) is 26.6 Å². The molecule has 308 valence electrons. The van der Waals surface area contributed by atoms with Crippen LogP contribution in [-0.2, 0) is 28.8 Å². The van der Waals surface area contributed by atoms with Crippen molar-refractivity contribution in [2.75, 3.05) is 27.2 Å². The maximum absolute atomic E-state index is 14.9. The predicted octanol–water partition coefficient (Wildman–Crippen LogP) is 3.17. The molecule has 2 aliphatic rings. The molecule has 1 saturated heterocycles. The molecular weight excluding hydrogens is 716 g/mol. The number of amides is 7. The Bertz CT molecular complexity index is 1610. The van der Waals surface area contributed by atoms with Crippen LogP contribution >= 0.6 is 0 Å². The fraction of sp³-hybridized carbons (Fsp3) is 0.667. The molecule has 14 nitrogen and oxygen atoms in total. The first-order chi connectivity index (χ1) is 24.7. The summed E-state index contributed by atoms with van der Waals surface area (Å²) in [5.41, 5.74) is -1.33. The number of hydrogen-bond acceptors (Lipinski definition) is 7. The summed E-state index contributed by atoms with van der Waals surface area (Å²) in [5, 5.41) is 12.5. The number of nitrogens with one attached hydrogen (secondary N) is 5. The van der Waals surface area contributed by atoms with E-state index < -0.39 is 107 Å². The molecule has 0 bridgehead atoms. The summed E-state index contributed by atoms with van der Waals surface area (Å²) in [6.07, 6.45) is -1.91. The number of alkyl halides is 2. The van der Waals surface area contributed by atoms with Gasteiger partial charge in [0.15, 0.2) is 0 Å². The highest BCUT2D eigenvalue weighted by molar-refractivity contribution is 6.38. The van der Waals surface area contributed by atoms with E-state index in [0.29, 0.717) is 5.56 Å². The van der Waals surface area contributed by atoms with Crippen molar-refractivity contribution >= 4 is 41.4 Å². The summed E-state index contributed by atoms with van der Waals surface area (Å²) in [6, 6.07) is 2.38. The molecule has 1 unspecified atom stereocenters. The molecule has 55 heavy (non-hydrogen) atoms. The summed E-state index contributed by atoms with van der Waals surface area (Å²) in [6.45, 7) is 15.0. The third-order valence-corrected chi connectivity index (χ3v) is 10.0. The average molecular weight is 778 g/mol. The number of likely N-dealkylation sites (tertiary alicyclic amines) is 1. The molecule has 1 heterocycles. The van der Waals surface area contributed by atoms with Crippen LogP contribution < -0.4 is 26.6 Å². The van der Waals surface area contributed by atoms with E-state index >= 15 is 0 Å². The van der Waals surface area contributed by atoms with Gasteiger partial charge in [-0.3, -0.25) is 28.8 Å². The van der Waals surface area contributed by atoms with Crippen LogP contribution in [0, 0.1) is 22.7 Å². The molecule has 5 N–H and O–H groups in total. The lowest BCUT2D eigenvalue weighted by atomic mass is 9.85. The van der Waals surface area contributed by atoms with Crippen LogP contribution in [0.4, 0.5) is 13.6 Å². The van der Waals surface area contributed by atoms with E-state index in [1.54, 1.807) is 71.9 Å². The topological polar surface area (TPSA) is 186 Å². The maximum Gasteiger partial charge on any atom is 0.315 e. The van der Waals surface area contributed by atoms with Gasteiger partial charge in [-0.15, -0.1) is 0 Å². The van der Waals surface area contributed by atoms with Gasteiger partial charge in [0.05, 0.1) is 6.54 Å². The van der Waals surface area contributed by atoms with Crippen molar-refractivity contribution < 1.29 is 42.3 Å². The van der Waals surface area contributed by atoms with Crippen molar-refractivity contribution in [3.8, 4) is 0 Å². The second-order valence-electron chi connectivity index (χ2n) is 17.2. The molecule has 0 radical (unpaired) electrons. The molecule has 7 amide bonds. The van der Waals surface area contributed by atoms with Gasteiger partial charge in [-0.2, -0.15) is 0 Å². The molecule has 1 aromatic rings. The third-order valence-electron chi connectivity index (χ3n) is 10.0. The van der Waals surface area contributed by atoms with Crippen molar-refractivity contribution in [1.29, 1.82) is 0 Å². The lowest BCUT2D eigenvalue weighted by molar-refractivity contribution is -0.146. The number of Topliss-reactive ketones (excluding diaryl/α,β-unsaturated/α-hetero) is 1. The monoisotopic (exact) mass is 777 g/mol. The Kier molecular flexibility index (Phi) is 14.8. The minimum atomic E-state index is -3.46. The van der Waals surface area contributed by atoms with Crippen LogP contribution in [0.25, 0.3) is 0 Å². The van der Waals surface area contributed by atoms with E-state index in [-0.39, 0.29) is 25.8 Å². The van der Waals surface area contributed by atoms with Crippen LogP contribution in [0.1, 0.15) is 94.2 Å². The first kappa shape index (κ1) is 46.5. The number of hydrogen-bond donors (Lipinski definition) is 5. The zero-order valence-corrected chi connectivity index (χ0v) is 33.2. The number of likely N-dealkylation sites (N-methyl/N-ethyl adjacent to an activating group) is 1. The van der Waals surface area contributed by atoms with E-state index in [9.17, 15) is 42.3 Å². The summed E-state index contributed by atoms with van der Waals surface area (Å²) >= 11 is 0. The van der Waals surface area contributed by atoms with Crippen molar-refractivity contribution in [3.05, 3.63) is 35.9 Å². The number of urea groups is 1. The molecule has 1 saturated carbocycles. The Labute approximate surface area is 323 Å². The third kappa shape index (κ3) is 11.7. The smallest absolute Gasteiger partial charge is 0.315 e. The summed E-state index contributed by atoms with van der Waals surface area (Å²) in [5.74, 6) is -9.51. The number of nitrogens with zero attached hydrogens (tertiary/aromatic N) is 2. The molecule has 6 atom stereocenters. The Morgan fingerprint density at radius 1 is 0.927 bits per heavy atom. The quantitative estimate of drug-likeness (QED) is 0.180. The first-order valence-electron chi connectivity index (χ1n) is 18.2. The highest BCUT2D eigenvalue weighted by atomic mass is 19.3. The van der Waals surface area contributed by atoms with Crippen molar-refractivity contribution in [2.45, 2.75) is 118 Å². The van der Waals surface area contributed by atoms with Gasteiger partial charge >= 0.3 is 6.03 Å². The molecule has 0 spiro atoms. The normalized spacial score (nSPS) is 20.3. The number of benzene rings is 1. The highest BCUT2D eigenvalue weighted by Crippen LogP contribution is 2.65. The van der Waals surface area contributed by atoms with E-state index in [0.717, 1.165) is 0 Å². The van der Waals surface area contributed by atoms with E-state index in [1.807, 2.05) is 13.8 Å². The van der Waals surface area contributed by atoms with Crippen LogP contribution in [0.2, 0.25) is 0 Å². The molecule has 1 aliphatic carbocycles. The molecule has 0 aromatic heterocycles. The van der Waals surface area contributed by atoms with E-state index in [1.165, 1.54) is 30.8 Å². The van der Waals surface area contributed by atoms with Crippen molar-refractivity contribution in [3.63, 3.8) is 0 Å². The summed E-state index contributed by atoms with van der Waals surface area (Å²) in [7, 11) is 3.01. The predicted molar refractivity (Wildman–Crippen MR) is 203 cm³/mol. The van der Waals surface area contributed by atoms with Gasteiger partial charge in [0.1, 0.15) is 24.2 Å². The first-order valence-corrected chi connectivity index (χ1v) is 18.2. The number of piperidine rings is 1. The van der Waals surface area contributed by atoms with E-state index in [4.69, 9.17) is 0 Å². The fourth-order valence-corrected chi connectivity index (χ4v) is 6.85. The molecule has 1 aliphatic heterocycles. The number of carbonyl (C=O) groups excluding carboxylic acids is 7. The largest absolute Gasteiger partial charge is 0.347 e. The highest BCUT2D eigenvalue weighted by Gasteiger charge is 2.70. The van der Waals surface area contributed by atoms with Gasteiger partial charge < -0.3 is 36.4 Å². The fourth-order valence-electron chi connectivity index (χ4n) is 6.85. The number of rotatable bonds is 14. The minimum absolute atomic E-state index is 0. The molecule has 16 heteroatoms. The summed E-state index contributed by atoms with van der Waals surface area (Å²) < 4.78 is 29.7. The molecular formula is C39H61F2N7O7. The average Bonchev–Trinajstić information content (AvgIpc) is 3.37.